The smallest absolute Gasteiger partial charge is 0.156 e. The molecule has 0 bridgehead atoms. The number of hydrogen-bond donors (Lipinski definition) is 0. The molecule has 1 aliphatic rings. The Kier molecular flexibility index (Phi) is 5.82. The van der Waals surface area contributed by atoms with Crippen LogP contribution in [0.25, 0.3) is 16.8 Å². The molecule has 0 saturated heterocycles. The van der Waals surface area contributed by atoms with Gasteiger partial charge in [0, 0.05) is 29.4 Å². The second-order valence-corrected chi connectivity index (χ2v) is 10.2. The fraction of sp³-hybridized carbons (Fsp3) is 0.103. The average Bonchev–Trinajstić information content (AvgIpc) is 3.55. The van der Waals surface area contributed by atoms with Gasteiger partial charge in [0.2, 0.25) is 0 Å². The van der Waals surface area contributed by atoms with Gasteiger partial charge in [0.25, 0.3) is 0 Å². The molecule has 0 aliphatic heterocycles. The summed E-state index contributed by atoms with van der Waals surface area (Å²) in [5.74, 6) is 0.186. The van der Waals surface area contributed by atoms with Gasteiger partial charge in [-0.3, -0.25) is 9.08 Å². The third-order valence-corrected chi connectivity index (χ3v) is 7.81. The molecule has 4 nitrogen and oxygen atoms in total. The first-order valence-corrected chi connectivity index (χ1v) is 13.0. The Hall–Kier alpha value is -3.16. The van der Waals surface area contributed by atoms with Gasteiger partial charge >= 0.3 is 0 Å². The van der Waals surface area contributed by atoms with Crippen molar-refractivity contribution in [2.24, 2.45) is 5.92 Å². The summed E-state index contributed by atoms with van der Waals surface area (Å²) >= 11 is 8.88. The minimum atomic E-state index is -0.515. The van der Waals surface area contributed by atoms with Crippen LogP contribution in [0.15, 0.2) is 116 Å². The van der Waals surface area contributed by atoms with Crippen molar-refractivity contribution < 1.29 is 0 Å². The zero-order chi connectivity index (χ0) is 23.8. The van der Waals surface area contributed by atoms with Gasteiger partial charge in [-0.05, 0) is 46.2 Å². The van der Waals surface area contributed by atoms with Crippen molar-refractivity contribution in [2.45, 2.75) is 12.0 Å². The molecule has 5 aromatic rings. The first-order valence-electron chi connectivity index (χ1n) is 11.5. The van der Waals surface area contributed by atoms with Gasteiger partial charge in [-0.15, -0.1) is 0 Å². The molecule has 35 heavy (non-hydrogen) atoms. The molecule has 0 N–H and O–H groups in total. The summed E-state index contributed by atoms with van der Waals surface area (Å²) in [7, 11) is 0. The maximum atomic E-state index is 6.61. The van der Waals surface area contributed by atoms with Gasteiger partial charge in [0.05, 0.1) is 17.4 Å². The first kappa shape index (κ1) is 22.3. The Labute approximate surface area is 222 Å². The van der Waals surface area contributed by atoms with E-state index in [-0.39, 0.29) is 5.92 Å². The highest BCUT2D eigenvalue weighted by Gasteiger charge is 2.43. The Morgan fingerprint density at radius 1 is 0.886 bits per heavy atom. The molecule has 172 valence electrons. The van der Waals surface area contributed by atoms with E-state index in [9.17, 15) is 0 Å². The molecule has 3 heterocycles. The Morgan fingerprint density at radius 3 is 2.26 bits per heavy atom. The first-order chi connectivity index (χ1) is 17.2. The Balaban J connectivity index is 1.59. The molecule has 6 rings (SSSR count). The fourth-order valence-corrected chi connectivity index (χ4v) is 5.91. The lowest BCUT2D eigenvalue weighted by Crippen LogP contribution is -2.43. The molecule has 1 atom stereocenters. The normalized spacial score (nSPS) is 15.7. The summed E-state index contributed by atoms with van der Waals surface area (Å²) < 4.78 is 5.17. The number of halogens is 2. The largest absolute Gasteiger partial charge is 0.293 e. The number of allylic oxidation sites excluding steroid dienone is 4. The molecular formula is C29H22ClIN4. The summed E-state index contributed by atoms with van der Waals surface area (Å²) in [4.78, 5) is 4.43. The predicted molar refractivity (Wildman–Crippen MR) is 150 cm³/mol. The van der Waals surface area contributed by atoms with Crippen molar-refractivity contribution >= 4 is 39.8 Å². The minimum absolute atomic E-state index is 0.186. The van der Waals surface area contributed by atoms with E-state index >= 15 is 0 Å². The topological polar surface area (TPSA) is 35.1 Å². The molecule has 6 heteroatoms. The minimum Gasteiger partial charge on any atom is -0.293 e. The van der Waals surface area contributed by atoms with Crippen LogP contribution in [0.2, 0.25) is 5.02 Å². The van der Waals surface area contributed by atoms with Crippen molar-refractivity contribution in [1.29, 1.82) is 0 Å². The lowest BCUT2D eigenvalue weighted by Gasteiger charge is -2.41. The van der Waals surface area contributed by atoms with Crippen molar-refractivity contribution in [3.05, 3.63) is 136 Å². The number of nitrogens with zero attached hydrogens (tertiary/aromatic N) is 4. The van der Waals surface area contributed by atoms with E-state index < -0.39 is 5.54 Å². The second kappa shape index (κ2) is 9.13. The molecule has 1 unspecified atom stereocenters. The second-order valence-electron chi connectivity index (χ2n) is 8.68. The van der Waals surface area contributed by atoms with Crippen molar-refractivity contribution in [1.82, 2.24) is 19.2 Å². The number of aromatic nitrogens is 4. The lowest BCUT2D eigenvalue weighted by atomic mass is 9.70. The average molecular weight is 589 g/mol. The van der Waals surface area contributed by atoms with Crippen molar-refractivity contribution in [2.75, 3.05) is 0 Å². The van der Waals surface area contributed by atoms with Gasteiger partial charge < -0.3 is 0 Å². The van der Waals surface area contributed by atoms with Gasteiger partial charge in [-0.1, -0.05) is 96.6 Å². The molecule has 0 fully saturated rings. The number of pyridine rings is 1. The summed E-state index contributed by atoms with van der Waals surface area (Å²) in [6, 6.07) is 23.3. The van der Waals surface area contributed by atoms with Crippen LogP contribution in [0.5, 0.6) is 0 Å². The van der Waals surface area contributed by atoms with E-state index in [2.05, 4.69) is 130 Å². The molecule has 0 saturated carbocycles. The monoisotopic (exact) mass is 588 g/mol. The summed E-state index contributed by atoms with van der Waals surface area (Å²) in [6.45, 7) is 0. The van der Waals surface area contributed by atoms with Gasteiger partial charge in [0.1, 0.15) is 9.24 Å². The van der Waals surface area contributed by atoms with E-state index in [0.29, 0.717) is 5.02 Å². The molecule has 3 aromatic heterocycles. The maximum absolute atomic E-state index is 6.61. The van der Waals surface area contributed by atoms with Crippen LogP contribution in [0.4, 0.5) is 0 Å². The van der Waals surface area contributed by atoms with Crippen LogP contribution in [-0.4, -0.2) is 19.2 Å². The number of rotatable bonds is 5. The van der Waals surface area contributed by atoms with Crippen LogP contribution in [0.3, 0.4) is 0 Å². The van der Waals surface area contributed by atoms with E-state index in [0.717, 1.165) is 26.9 Å². The third kappa shape index (κ3) is 3.74. The van der Waals surface area contributed by atoms with Crippen LogP contribution >= 0.6 is 34.2 Å². The summed E-state index contributed by atoms with van der Waals surface area (Å²) in [6.07, 6.45) is 17.7. The zero-order valence-corrected chi connectivity index (χ0v) is 21.7. The van der Waals surface area contributed by atoms with Crippen LogP contribution in [0, 0.1) is 9.62 Å². The molecule has 2 aromatic carbocycles. The summed E-state index contributed by atoms with van der Waals surface area (Å²) in [5.41, 5.74) is 4.64. The SMILES string of the molecule is Clc1cc(-c2cnn(C(c3ccccc3)(c3ccccc3)C3C=CC=CC3)c2)cn2c(I)cnc12. The van der Waals surface area contributed by atoms with Gasteiger partial charge in [-0.25, -0.2) is 4.98 Å². The van der Waals surface area contributed by atoms with E-state index in [1.54, 1.807) is 0 Å². The highest BCUT2D eigenvalue weighted by atomic mass is 127. The van der Waals surface area contributed by atoms with E-state index in [4.69, 9.17) is 16.7 Å². The predicted octanol–water partition coefficient (Wildman–Crippen LogP) is 7.38. The van der Waals surface area contributed by atoms with Crippen LogP contribution in [0.1, 0.15) is 17.5 Å². The van der Waals surface area contributed by atoms with E-state index in [1.807, 2.05) is 22.9 Å². The quantitative estimate of drug-likeness (QED) is 0.201. The third-order valence-electron chi connectivity index (χ3n) is 6.74. The van der Waals surface area contributed by atoms with Crippen molar-refractivity contribution in [3.63, 3.8) is 0 Å². The van der Waals surface area contributed by atoms with Gasteiger partial charge in [0.15, 0.2) is 5.65 Å². The number of imidazole rings is 1. The summed E-state index contributed by atoms with van der Waals surface area (Å²) in [5, 5.41) is 5.62. The number of benzene rings is 2. The molecule has 1 aliphatic carbocycles. The Bertz CT molecular complexity index is 1510. The highest BCUT2D eigenvalue weighted by Crippen LogP contribution is 2.44. The zero-order valence-electron chi connectivity index (χ0n) is 18.8. The molecule has 0 radical (unpaired) electrons. The standard InChI is InChI=1S/C29H22ClIN4/c30-26-16-21(19-34-27(31)18-32-28(26)34)22-17-33-35(20-22)29(23-10-4-1-5-11-23,24-12-6-2-7-13-24)25-14-8-3-9-15-25/h1-14,16-20,25H,15H2. The number of fused-ring (bicyclic) bond motifs is 1. The number of hydrogen-bond acceptors (Lipinski definition) is 2. The highest BCUT2D eigenvalue weighted by molar-refractivity contribution is 14.1. The Morgan fingerprint density at radius 2 is 1.60 bits per heavy atom. The lowest BCUT2D eigenvalue weighted by molar-refractivity contribution is 0.293. The van der Waals surface area contributed by atoms with Gasteiger partial charge in [-0.2, -0.15) is 5.10 Å². The van der Waals surface area contributed by atoms with Crippen molar-refractivity contribution in [3.8, 4) is 11.1 Å². The molecule has 0 amide bonds. The van der Waals surface area contributed by atoms with Crippen LogP contribution in [-0.2, 0) is 5.54 Å². The molecule has 0 spiro atoms. The fourth-order valence-electron chi connectivity index (χ4n) is 5.14. The molecular weight excluding hydrogens is 567 g/mol. The van der Waals surface area contributed by atoms with Crippen LogP contribution < -0.4 is 0 Å². The maximum Gasteiger partial charge on any atom is 0.156 e. The van der Waals surface area contributed by atoms with E-state index in [1.165, 1.54) is 11.1 Å².